The minimum atomic E-state index is -2.10. The molecule has 18 heavy (non-hydrogen) atoms. The van der Waals surface area contributed by atoms with E-state index in [2.05, 4.69) is 0 Å². The Morgan fingerprint density at radius 1 is 1.17 bits per heavy atom. The number of halogens is 2. The molecule has 6 heteroatoms. The topological polar surface area (TPSA) is 56.8 Å². The van der Waals surface area contributed by atoms with Crippen molar-refractivity contribution in [2.75, 3.05) is 0 Å². The molecule has 0 unspecified atom stereocenters. The van der Waals surface area contributed by atoms with Gasteiger partial charge in [0.15, 0.2) is 8.32 Å². The first kappa shape index (κ1) is 15.0. The number of benzene rings is 1. The predicted molar refractivity (Wildman–Crippen MR) is 73.8 cm³/mol. The van der Waals surface area contributed by atoms with Crippen molar-refractivity contribution in [3.05, 3.63) is 33.8 Å². The Morgan fingerprint density at radius 3 is 2.17 bits per heavy atom. The van der Waals surface area contributed by atoms with Crippen molar-refractivity contribution < 1.29 is 4.43 Å². The van der Waals surface area contributed by atoms with Gasteiger partial charge in [0.2, 0.25) is 0 Å². The third kappa shape index (κ3) is 3.25. The Kier molecular flexibility index (Phi) is 4.42. The lowest BCUT2D eigenvalue weighted by molar-refractivity contribution is 0.180. The van der Waals surface area contributed by atoms with Crippen LogP contribution in [-0.2, 0) is 10.0 Å². The number of nitriles is 2. The Morgan fingerprint density at radius 2 is 1.72 bits per heavy atom. The third-order valence-electron chi connectivity index (χ3n) is 2.08. The standard InChI is InChI=1S/C12H12Cl2N2OSi/c1-18(2,3)17-12(7-15,8-16)10-6-9(13)4-5-11(10)14/h4-6H,1-3H3. The summed E-state index contributed by atoms with van der Waals surface area (Å²) in [6, 6.07) is 8.48. The summed E-state index contributed by atoms with van der Waals surface area (Å²) in [6.07, 6.45) is 0. The fourth-order valence-electron chi connectivity index (χ4n) is 1.47. The number of hydrogen-bond donors (Lipinski definition) is 0. The van der Waals surface area contributed by atoms with E-state index in [9.17, 15) is 10.5 Å². The van der Waals surface area contributed by atoms with Crippen molar-refractivity contribution in [3.8, 4) is 12.1 Å². The molecule has 0 aliphatic heterocycles. The molecule has 1 aromatic rings. The van der Waals surface area contributed by atoms with E-state index >= 15 is 0 Å². The molecule has 94 valence electrons. The zero-order chi connectivity index (χ0) is 14.0. The zero-order valence-corrected chi connectivity index (χ0v) is 12.8. The van der Waals surface area contributed by atoms with Gasteiger partial charge in [0.1, 0.15) is 12.1 Å². The summed E-state index contributed by atoms with van der Waals surface area (Å²) in [5.41, 5.74) is -1.41. The molecule has 0 saturated heterocycles. The summed E-state index contributed by atoms with van der Waals surface area (Å²) < 4.78 is 5.72. The van der Waals surface area contributed by atoms with Crippen LogP contribution in [0.5, 0.6) is 0 Å². The monoisotopic (exact) mass is 298 g/mol. The van der Waals surface area contributed by atoms with Gasteiger partial charge in [0, 0.05) is 15.6 Å². The second kappa shape index (κ2) is 5.30. The first-order chi connectivity index (χ1) is 8.24. The highest BCUT2D eigenvalue weighted by Gasteiger charge is 2.40. The van der Waals surface area contributed by atoms with Crippen LogP contribution in [0, 0.1) is 22.7 Å². The van der Waals surface area contributed by atoms with Gasteiger partial charge in [-0.2, -0.15) is 10.5 Å². The van der Waals surface area contributed by atoms with E-state index in [0.717, 1.165) is 0 Å². The number of nitrogens with zero attached hydrogens (tertiary/aromatic N) is 2. The van der Waals surface area contributed by atoms with E-state index in [4.69, 9.17) is 27.6 Å². The Labute approximate surface area is 118 Å². The highest BCUT2D eigenvalue weighted by atomic mass is 35.5. The van der Waals surface area contributed by atoms with Crippen molar-refractivity contribution in [2.45, 2.75) is 25.2 Å². The first-order valence-electron chi connectivity index (χ1n) is 5.22. The second-order valence-electron chi connectivity index (χ2n) is 4.74. The maximum Gasteiger partial charge on any atom is 0.259 e. The average Bonchev–Trinajstić information content (AvgIpc) is 2.28. The summed E-state index contributed by atoms with van der Waals surface area (Å²) in [6.45, 7) is 5.69. The summed E-state index contributed by atoms with van der Waals surface area (Å²) >= 11 is 11.9. The SMILES string of the molecule is C[Si](C)(C)OC(C#N)(C#N)c1cc(Cl)ccc1Cl. The Hall–Kier alpha value is -1.04. The molecule has 0 aliphatic carbocycles. The molecule has 0 fully saturated rings. The van der Waals surface area contributed by atoms with Gasteiger partial charge in [0.25, 0.3) is 5.60 Å². The fourth-order valence-corrected chi connectivity index (χ4v) is 3.02. The molecule has 0 aromatic heterocycles. The molecule has 1 rings (SSSR count). The van der Waals surface area contributed by atoms with Crippen LogP contribution in [0.2, 0.25) is 29.7 Å². The zero-order valence-electron chi connectivity index (χ0n) is 10.3. The minimum absolute atomic E-state index is 0.292. The first-order valence-corrected chi connectivity index (χ1v) is 9.39. The molecular formula is C12H12Cl2N2OSi. The van der Waals surface area contributed by atoms with Crippen LogP contribution in [0.4, 0.5) is 0 Å². The summed E-state index contributed by atoms with van der Waals surface area (Å²) in [5.74, 6) is 0. The summed E-state index contributed by atoms with van der Waals surface area (Å²) in [4.78, 5) is 0. The molecule has 1 aromatic carbocycles. The van der Waals surface area contributed by atoms with Crippen molar-refractivity contribution in [3.63, 3.8) is 0 Å². The number of hydrogen-bond acceptors (Lipinski definition) is 3. The van der Waals surface area contributed by atoms with Gasteiger partial charge in [-0.15, -0.1) is 0 Å². The summed E-state index contributed by atoms with van der Waals surface area (Å²) in [7, 11) is -2.10. The maximum atomic E-state index is 9.33. The van der Waals surface area contributed by atoms with Crippen LogP contribution < -0.4 is 0 Å². The van der Waals surface area contributed by atoms with E-state index in [0.29, 0.717) is 15.6 Å². The molecular weight excluding hydrogens is 287 g/mol. The van der Waals surface area contributed by atoms with Crippen LogP contribution in [-0.4, -0.2) is 8.32 Å². The molecule has 0 amide bonds. The summed E-state index contributed by atoms with van der Waals surface area (Å²) in [5, 5.41) is 19.4. The van der Waals surface area contributed by atoms with E-state index in [-0.39, 0.29) is 0 Å². The molecule has 0 N–H and O–H groups in total. The maximum absolute atomic E-state index is 9.33. The third-order valence-corrected chi connectivity index (χ3v) is 3.57. The molecule has 0 saturated carbocycles. The van der Waals surface area contributed by atoms with Crippen molar-refractivity contribution in [1.29, 1.82) is 10.5 Å². The Balaban J connectivity index is 3.43. The van der Waals surface area contributed by atoms with Crippen LogP contribution in [0.15, 0.2) is 18.2 Å². The molecule has 0 atom stereocenters. The minimum Gasteiger partial charge on any atom is -0.386 e. The van der Waals surface area contributed by atoms with Crippen molar-refractivity contribution in [1.82, 2.24) is 0 Å². The lowest BCUT2D eigenvalue weighted by Gasteiger charge is -2.28. The second-order valence-corrected chi connectivity index (χ2v) is 10.0. The van der Waals surface area contributed by atoms with Crippen LogP contribution in [0.25, 0.3) is 0 Å². The van der Waals surface area contributed by atoms with E-state index in [1.54, 1.807) is 12.1 Å². The van der Waals surface area contributed by atoms with Crippen LogP contribution >= 0.6 is 23.2 Å². The molecule has 0 radical (unpaired) electrons. The van der Waals surface area contributed by atoms with Gasteiger partial charge in [-0.05, 0) is 37.8 Å². The van der Waals surface area contributed by atoms with Gasteiger partial charge in [-0.25, -0.2) is 0 Å². The average molecular weight is 299 g/mol. The largest absolute Gasteiger partial charge is 0.386 e. The van der Waals surface area contributed by atoms with Gasteiger partial charge < -0.3 is 4.43 Å². The van der Waals surface area contributed by atoms with Crippen molar-refractivity contribution >= 4 is 31.5 Å². The quantitative estimate of drug-likeness (QED) is 0.790. The predicted octanol–water partition coefficient (Wildman–Crippen LogP) is 4.09. The number of rotatable bonds is 3. The smallest absolute Gasteiger partial charge is 0.259 e. The molecule has 0 heterocycles. The molecule has 3 nitrogen and oxygen atoms in total. The van der Waals surface area contributed by atoms with E-state index in [1.807, 2.05) is 31.8 Å². The van der Waals surface area contributed by atoms with Crippen LogP contribution in [0.3, 0.4) is 0 Å². The van der Waals surface area contributed by atoms with E-state index < -0.39 is 13.9 Å². The van der Waals surface area contributed by atoms with Crippen molar-refractivity contribution in [2.24, 2.45) is 0 Å². The lowest BCUT2D eigenvalue weighted by atomic mass is 9.97. The highest BCUT2D eigenvalue weighted by Crippen LogP contribution is 2.35. The van der Waals surface area contributed by atoms with Gasteiger partial charge in [-0.1, -0.05) is 23.2 Å². The Bertz CT molecular complexity index is 526. The van der Waals surface area contributed by atoms with Gasteiger partial charge >= 0.3 is 0 Å². The van der Waals surface area contributed by atoms with Gasteiger partial charge in [0.05, 0.1) is 0 Å². The van der Waals surface area contributed by atoms with E-state index in [1.165, 1.54) is 6.07 Å². The highest BCUT2D eigenvalue weighted by molar-refractivity contribution is 6.69. The van der Waals surface area contributed by atoms with Crippen LogP contribution in [0.1, 0.15) is 5.56 Å². The lowest BCUT2D eigenvalue weighted by Crippen LogP contribution is -2.39. The molecule has 0 spiro atoms. The molecule has 0 bridgehead atoms. The fraction of sp³-hybridized carbons (Fsp3) is 0.333. The van der Waals surface area contributed by atoms with Gasteiger partial charge in [-0.3, -0.25) is 0 Å². The normalized spacial score (nSPS) is 11.7. The molecule has 0 aliphatic rings.